The second-order valence-electron chi connectivity index (χ2n) is 2.05. The Balaban J connectivity index is 2.82. The minimum atomic E-state index is 0.698. The molecule has 58 valence electrons. The van der Waals surface area contributed by atoms with Crippen LogP contribution in [-0.4, -0.2) is 12.5 Å². The van der Waals surface area contributed by atoms with Crippen LogP contribution < -0.4 is 4.72 Å². The van der Waals surface area contributed by atoms with Gasteiger partial charge in [0.2, 0.25) is 0 Å². The molecule has 1 aromatic carbocycles. The molecule has 0 heterocycles. The molecule has 0 aliphatic heterocycles. The molecule has 0 saturated heterocycles. The van der Waals surface area contributed by atoms with Gasteiger partial charge in [-0.05, 0) is 12.1 Å². The maximum atomic E-state index is 10.3. The average Bonchev–Trinajstić information content (AvgIpc) is 2.06. The fourth-order valence-electron chi connectivity index (χ4n) is 0.793. The Morgan fingerprint density at radius 1 is 1.55 bits per heavy atom. The van der Waals surface area contributed by atoms with E-state index in [1.807, 2.05) is 24.5 Å². The normalized spacial score (nSPS) is 9.18. The third-order valence-corrected chi connectivity index (χ3v) is 1.68. The SMILES string of the molecule is CSNc1cccc(C=O)c1. The van der Waals surface area contributed by atoms with Gasteiger partial charge in [0.05, 0.1) is 0 Å². The van der Waals surface area contributed by atoms with E-state index in [0.29, 0.717) is 5.56 Å². The molecule has 0 aliphatic carbocycles. The molecule has 11 heavy (non-hydrogen) atoms. The quantitative estimate of drug-likeness (QED) is 0.552. The number of benzene rings is 1. The molecule has 3 heteroatoms. The van der Waals surface area contributed by atoms with Crippen molar-refractivity contribution in [1.29, 1.82) is 0 Å². The van der Waals surface area contributed by atoms with Gasteiger partial charge in [0.15, 0.2) is 0 Å². The molecule has 0 unspecified atom stereocenters. The van der Waals surface area contributed by atoms with Crippen molar-refractivity contribution in [2.75, 3.05) is 11.0 Å². The van der Waals surface area contributed by atoms with Crippen LogP contribution in [0.15, 0.2) is 24.3 Å². The maximum Gasteiger partial charge on any atom is 0.150 e. The lowest BCUT2D eigenvalue weighted by Gasteiger charge is -2.00. The van der Waals surface area contributed by atoms with Gasteiger partial charge in [-0.3, -0.25) is 4.79 Å². The first-order chi connectivity index (χ1) is 5.36. The van der Waals surface area contributed by atoms with Crippen molar-refractivity contribution >= 4 is 23.9 Å². The van der Waals surface area contributed by atoms with Gasteiger partial charge in [0.1, 0.15) is 6.29 Å². The summed E-state index contributed by atoms with van der Waals surface area (Å²) in [6.45, 7) is 0. The van der Waals surface area contributed by atoms with Gasteiger partial charge in [-0.2, -0.15) is 0 Å². The first-order valence-corrected chi connectivity index (χ1v) is 4.43. The number of carbonyl (C=O) groups is 1. The fraction of sp³-hybridized carbons (Fsp3) is 0.125. The van der Waals surface area contributed by atoms with Gasteiger partial charge in [-0.1, -0.05) is 24.1 Å². The van der Waals surface area contributed by atoms with Crippen molar-refractivity contribution < 1.29 is 4.79 Å². The summed E-state index contributed by atoms with van der Waals surface area (Å²) in [5, 5.41) is 0. The van der Waals surface area contributed by atoms with Gasteiger partial charge in [-0.25, -0.2) is 0 Å². The van der Waals surface area contributed by atoms with Gasteiger partial charge in [0.25, 0.3) is 0 Å². The molecule has 0 spiro atoms. The van der Waals surface area contributed by atoms with E-state index in [-0.39, 0.29) is 0 Å². The van der Waals surface area contributed by atoms with Crippen LogP contribution in [0.4, 0.5) is 5.69 Å². The molecule has 1 aromatic rings. The third-order valence-electron chi connectivity index (χ3n) is 1.24. The van der Waals surface area contributed by atoms with Crippen LogP contribution in [0.25, 0.3) is 0 Å². The molecule has 1 N–H and O–H groups in total. The highest BCUT2D eigenvalue weighted by Gasteiger charge is 1.91. The summed E-state index contributed by atoms with van der Waals surface area (Å²) >= 11 is 1.51. The third kappa shape index (κ3) is 2.27. The minimum absolute atomic E-state index is 0.698. The Labute approximate surface area is 70.1 Å². The van der Waals surface area contributed by atoms with E-state index in [0.717, 1.165) is 12.0 Å². The van der Waals surface area contributed by atoms with Crippen molar-refractivity contribution in [2.24, 2.45) is 0 Å². The van der Waals surface area contributed by atoms with Crippen LogP contribution in [0.3, 0.4) is 0 Å². The monoisotopic (exact) mass is 167 g/mol. The Bertz CT molecular complexity index is 250. The van der Waals surface area contributed by atoms with E-state index >= 15 is 0 Å². The lowest BCUT2D eigenvalue weighted by Crippen LogP contribution is -1.86. The number of carbonyl (C=O) groups excluding carboxylic acids is 1. The Hall–Kier alpha value is -0.960. The number of hydrogen-bond acceptors (Lipinski definition) is 3. The average molecular weight is 167 g/mol. The summed E-state index contributed by atoms with van der Waals surface area (Å²) in [6.07, 6.45) is 2.78. The predicted octanol–water partition coefficient (Wildman–Crippen LogP) is 2.19. The van der Waals surface area contributed by atoms with E-state index in [1.54, 1.807) is 6.07 Å². The van der Waals surface area contributed by atoms with Crippen molar-refractivity contribution in [3.63, 3.8) is 0 Å². The van der Waals surface area contributed by atoms with Crippen LogP contribution >= 0.6 is 11.9 Å². The van der Waals surface area contributed by atoms with E-state index in [4.69, 9.17) is 0 Å². The molecule has 0 aromatic heterocycles. The molecule has 2 nitrogen and oxygen atoms in total. The summed E-state index contributed by atoms with van der Waals surface area (Å²) in [5.41, 5.74) is 1.66. The highest BCUT2D eigenvalue weighted by Crippen LogP contribution is 2.11. The van der Waals surface area contributed by atoms with Crippen LogP contribution in [0.1, 0.15) is 10.4 Å². The van der Waals surface area contributed by atoms with Crippen LogP contribution in [0, 0.1) is 0 Å². The molecule has 0 radical (unpaired) electrons. The number of hydrogen-bond donors (Lipinski definition) is 1. The molecule has 0 bridgehead atoms. The van der Waals surface area contributed by atoms with Crippen LogP contribution in [0.2, 0.25) is 0 Å². The second-order valence-corrected chi connectivity index (χ2v) is 2.66. The summed E-state index contributed by atoms with van der Waals surface area (Å²) in [5.74, 6) is 0. The van der Waals surface area contributed by atoms with Crippen LogP contribution in [-0.2, 0) is 0 Å². The Morgan fingerprint density at radius 3 is 3.00 bits per heavy atom. The smallest absolute Gasteiger partial charge is 0.150 e. The lowest BCUT2D eigenvalue weighted by atomic mass is 10.2. The Kier molecular flexibility index (Phi) is 2.98. The van der Waals surface area contributed by atoms with Crippen molar-refractivity contribution in [3.8, 4) is 0 Å². The zero-order chi connectivity index (χ0) is 8.10. The molecular weight excluding hydrogens is 158 g/mol. The van der Waals surface area contributed by atoms with Crippen molar-refractivity contribution in [1.82, 2.24) is 0 Å². The standard InChI is InChI=1S/C8H9NOS/c1-11-9-8-4-2-3-7(5-8)6-10/h2-6,9H,1H3. The fourth-order valence-corrected chi connectivity index (χ4v) is 1.16. The number of anilines is 1. The van der Waals surface area contributed by atoms with E-state index in [1.165, 1.54) is 11.9 Å². The zero-order valence-electron chi connectivity index (χ0n) is 6.20. The molecule has 0 amide bonds. The zero-order valence-corrected chi connectivity index (χ0v) is 7.02. The van der Waals surface area contributed by atoms with Crippen molar-refractivity contribution in [3.05, 3.63) is 29.8 Å². The molecular formula is C8H9NOS. The number of aldehydes is 1. The highest BCUT2D eigenvalue weighted by molar-refractivity contribution is 7.99. The summed E-state index contributed by atoms with van der Waals surface area (Å²) < 4.78 is 3.04. The molecule has 0 saturated carbocycles. The maximum absolute atomic E-state index is 10.3. The second kappa shape index (κ2) is 4.03. The first kappa shape index (κ1) is 8.14. The Morgan fingerprint density at radius 2 is 2.36 bits per heavy atom. The number of nitrogens with one attached hydrogen (secondary N) is 1. The van der Waals surface area contributed by atoms with E-state index < -0.39 is 0 Å². The number of rotatable bonds is 3. The minimum Gasteiger partial charge on any atom is -0.330 e. The molecule has 1 rings (SSSR count). The molecule has 0 aliphatic rings. The highest BCUT2D eigenvalue weighted by atomic mass is 32.2. The largest absolute Gasteiger partial charge is 0.330 e. The van der Waals surface area contributed by atoms with E-state index in [9.17, 15) is 4.79 Å². The lowest BCUT2D eigenvalue weighted by molar-refractivity contribution is 0.112. The van der Waals surface area contributed by atoms with E-state index in [2.05, 4.69) is 4.72 Å². The summed E-state index contributed by atoms with van der Waals surface area (Å²) in [7, 11) is 0. The van der Waals surface area contributed by atoms with Crippen LogP contribution in [0.5, 0.6) is 0 Å². The van der Waals surface area contributed by atoms with Gasteiger partial charge in [0, 0.05) is 17.5 Å². The van der Waals surface area contributed by atoms with Crippen molar-refractivity contribution in [2.45, 2.75) is 0 Å². The van der Waals surface area contributed by atoms with Gasteiger partial charge < -0.3 is 4.72 Å². The topological polar surface area (TPSA) is 29.1 Å². The predicted molar refractivity (Wildman–Crippen MR) is 49.0 cm³/mol. The molecule has 0 atom stereocenters. The summed E-state index contributed by atoms with van der Waals surface area (Å²) in [4.78, 5) is 10.3. The summed E-state index contributed by atoms with van der Waals surface area (Å²) in [6, 6.07) is 7.35. The molecule has 0 fully saturated rings. The van der Waals surface area contributed by atoms with Gasteiger partial charge in [-0.15, -0.1) is 0 Å². The van der Waals surface area contributed by atoms with Gasteiger partial charge >= 0.3 is 0 Å². The first-order valence-electron chi connectivity index (χ1n) is 3.21.